The van der Waals surface area contributed by atoms with Crippen LogP contribution in [-0.2, 0) is 17.6 Å². The van der Waals surface area contributed by atoms with Crippen molar-refractivity contribution in [2.45, 2.75) is 26.7 Å². The van der Waals surface area contributed by atoms with Crippen molar-refractivity contribution in [2.24, 2.45) is 0 Å². The average molecular weight is 271 g/mol. The Labute approximate surface area is 117 Å². The fourth-order valence-corrected chi connectivity index (χ4v) is 1.85. The van der Waals surface area contributed by atoms with Crippen molar-refractivity contribution in [2.75, 3.05) is 5.73 Å². The molecule has 2 N–H and O–H groups in total. The smallest absolute Gasteiger partial charge is 0.146 e. The first-order chi connectivity index (χ1) is 9.58. The zero-order chi connectivity index (χ0) is 14.5. The Balaban J connectivity index is 2.19. The van der Waals surface area contributed by atoms with Crippen LogP contribution in [0.25, 0.3) is 0 Å². The van der Waals surface area contributed by atoms with E-state index in [1.54, 1.807) is 24.5 Å². The minimum absolute atomic E-state index is 0.0667. The second-order valence-electron chi connectivity index (χ2n) is 4.53. The molecule has 0 atom stereocenters. The van der Waals surface area contributed by atoms with Crippen LogP contribution >= 0.6 is 0 Å². The van der Waals surface area contributed by atoms with Crippen molar-refractivity contribution in [3.05, 3.63) is 41.9 Å². The Morgan fingerprint density at radius 2 is 2.10 bits per heavy atom. The molecule has 2 heterocycles. The maximum Gasteiger partial charge on any atom is 0.146 e. The minimum atomic E-state index is 0.0667. The number of ketones is 1. The molecule has 0 aromatic carbocycles. The third-order valence-corrected chi connectivity index (χ3v) is 2.81. The van der Waals surface area contributed by atoms with Gasteiger partial charge in [0, 0.05) is 18.7 Å². The lowest BCUT2D eigenvalue weighted by Gasteiger charge is -2.09. The highest BCUT2D eigenvalue weighted by atomic mass is 16.5. The number of Topliss-reactive ketones (excluding diaryl/α,β-unsaturated/α-hetero) is 1. The minimum Gasteiger partial charge on any atom is -0.456 e. The van der Waals surface area contributed by atoms with E-state index in [1.807, 2.05) is 13.0 Å². The number of carbonyl (C=O) groups is 1. The lowest BCUT2D eigenvalue weighted by atomic mass is 10.2. The summed E-state index contributed by atoms with van der Waals surface area (Å²) in [5.41, 5.74) is 7.39. The van der Waals surface area contributed by atoms with Crippen molar-refractivity contribution < 1.29 is 9.53 Å². The standard InChI is InChI=1S/C15H17N3O2/c1-3-11-7-14(9-18-15(11)16)20-13-4-5-17-12(8-13)6-10(2)19/h4-5,7-9H,3,6H2,1-2H3,(H2,16,18). The van der Waals surface area contributed by atoms with E-state index in [9.17, 15) is 4.79 Å². The molecule has 104 valence electrons. The van der Waals surface area contributed by atoms with Crippen LogP contribution in [0.1, 0.15) is 25.1 Å². The van der Waals surface area contributed by atoms with E-state index >= 15 is 0 Å². The first kappa shape index (κ1) is 14.0. The number of aromatic nitrogens is 2. The number of pyridine rings is 2. The molecule has 0 saturated heterocycles. The summed E-state index contributed by atoms with van der Waals surface area (Å²) < 4.78 is 5.73. The molecular weight excluding hydrogens is 254 g/mol. The third-order valence-electron chi connectivity index (χ3n) is 2.81. The summed E-state index contributed by atoms with van der Waals surface area (Å²) >= 11 is 0. The average Bonchev–Trinajstić information content (AvgIpc) is 2.40. The number of anilines is 1. The molecule has 2 aromatic rings. The van der Waals surface area contributed by atoms with Crippen molar-refractivity contribution in [1.82, 2.24) is 9.97 Å². The topological polar surface area (TPSA) is 78.1 Å². The molecule has 5 nitrogen and oxygen atoms in total. The molecule has 0 fully saturated rings. The van der Waals surface area contributed by atoms with E-state index in [2.05, 4.69) is 9.97 Å². The molecule has 0 aliphatic heterocycles. The monoisotopic (exact) mass is 271 g/mol. The zero-order valence-corrected chi connectivity index (χ0v) is 11.6. The van der Waals surface area contributed by atoms with Crippen LogP contribution in [-0.4, -0.2) is 15.8 Å². The highest BCUT2D eigenvalue weighted by Crippen LogP contribution is 2.24. The molecular formula is C15H17N3O2. The van der Waals surface area contributed by atoms with E-state index in [-0.39, 0.29) is 5.78 Å². The van der Waals surface area contributed by atoms with Crippen LogP contribution in [0.2, 0.25) is 0 Å². The van der Waals surface area contributed by atoms with Gasteiger partial charge in [-0.15, -0.1) is 0 Å². The predicted octanol–water partition coefficient (Wildman–Crippen LogP) is 2.54. The summed E-state index contributed by atoms with van der Waals surface area (Å²) in [6, 6.07) is 5.36. The fraction of sp³-hybridized carbons (Fsp3) is 0.267. The van der Waals surface area contributed by atoms with Crippen LogP contribution in [0.3, 0.4) is 0 Å². The summed E-state index contributed by atoms with van der Waals surface area (Å²) in [4.78, 5) is 19.3. The van der Waals surface area contributed by atoms with Gasteiger partial charge in [0.05, 0.1) is 11.9 Å². The number of nitrogen functional groups attached to an aromatic ring is 1. The van der Waals surface area contributed by atoms with Gasteiger partial charge in [0.2, 0.25) is 0 Å². The van der Waals surface area contributed by atoms with Crippen LogP contribution in [0.4, 0.5) is 5.82 Å². The SMILES string of the molecule is CCc1cc(Oc2ccnc(CC(C)=O)c2)cnc1N. The second kappa shape index (κ2) is 6.14. The Hall–Kier alpha value is -2.43. The first-order valence-electron chi connectivity index (χ1n) is 6.45. The lowest BCUT2D eigenvalue weighted by molar-refractivity contribution is -0.116. The highest BCUT2D eigenvalue weighted by Gasteiger charge is 2.05. The molecule has 0 saturated carbocycles. The Morgan fingerprint density at radius 1 is 1.30 bits per heavy atom. The van der Waals surface area contributed by atoms with Gasteiger partial charge in [-0.05, 0) is 31.0 Å². The number of carbonyl (C=O) groups excluding carboxylic acids is 1. The maximum absolute atomic E-state index is 11.1. The van der Waals surface area contributed by atoms with Crippen molar-refractivity contribution in [3.63, 3.8) is 0 Å². The van der Waals surface area contributed by atoms with Gasteiger partial charge in [0.25, 0.3) is 0 Å². The summed E-state index contributed by atoms with van der Waals surface area (Å²) in [5.74, 6) is 1.84. The van der Waals surface area contributed by atoms with Crippen molar-refractivity contribution >= 4 is 11.6 Å². The molecule has 0 aliphatic carbocycles. The molecule has 0 bridgehead atoms. The molecule has 0 radical (unpaired) electrons. The summed E-state index contributed by atoms with van der Waals surface area (Å²) in [7, 11) is 0. The van der Waals surface area contributed by atoms with Gasteiger partial charge >= 0.3 is 0 Å². The molecule has 0 unspecified atom stereocenters. The zero-order valence-electron chi connectivity index (χ0n) is 11.6. The van der Waals surface area contributed by atoms with Crippen LogP contribution in [0.15, 0.2) is 30.6 Å². The third kappa shape index (κ3) is 3.54. The van der Waals surface area contributed by atoms with E-state index in [4.69, 9.17) is 10.5 Å². The van der Waals surface area contributed by atoms with Gasteiger partial charge in [0.15, 0.2) is 0 Å². The van der Waals surface area contributed by atoms with E-state index < -0.39 is 0 Å². The Kier molecular flexibility index (Phi) is 4.30. The first-order valence-corrected chi connectivity index (χ1v) is 6.45. The number of ether oxygens (including phenoxy) is 1. The van der Waals surface area contributed by atoms with E-state index in [0.717, 1.165) is 12.0 Å². The number of rotatable bonds is 5. The summed E-state index contributed by atoms with van der Waals surface area (Å²) in [6.45, 7) is 3.54. The molecule has 5 heteroatoms. The number of aryl methyl sites for hydroxylation is 1. The molecule has 0 amide bonds. The van der Waals surface area contributed by atoms with Crippen LogP contribution in [0.5, 0.6) is 11.5 Å². The highest BCUT2D eigenvalue weighted by molar-refractivity contribution is 5.77. The molecule has 2 aromatic heterocycles. The molecule has 20 heavy (non-hydrogen) atoms. The van der Waals surface area contributed by atoms with Crippen molar-refractivity contribution in [3.8, 4) is 11.5 Å². The number of hydrogen-bond acceptors (Lipinski definition) is 5. The van der Waals surface area contributed by atoms with Crippen molar-refractivity contribution in [1.29, 1.82) is 0 Å². The van der Waals surface area contributed by atoms with Crippen LogP contribution < -0.4 is 10.5 Å². The van der Waals surface area contributed by atoms with Gasteiger partial charge in [-0.1, -0.05) is 6.92 Å². The van der Waals surface area contributed by atoms with Gasteiger partial charge in [0.1, 0.15) is 23.1 Å². The fourth-order valence-electron chi connectivity index (χ4n) is 1.85. The number of hydrogen-bond donors (Lipinski definition) is 1. The number of nitrogens with zero attached hydrogens (tertiary/aromatic N) is 2. The normalized spacial score (nSPS) is 10.3. The second-order valence-corrected chi connectivity index (χ2v) is 4.53. The van der Waals surface area contributed by atoms with E-state index in [1.165, 1.54) is 6.92 Å². The van der Waals surface area contributed by atoms with Gasteiger partial charge in [-0.2, -0.15) is 0 Å². The predicted molar refractivity (Wildman–Crippen MR) is 76.7 cm³/mol. The Morgan fingerprint density at radius 3 is 2.80 bits per heavy atom. The summed E-state index contributed by atoms with van der Waals surface area (Å²) in [6.07, 6.45) is 4.30. The summed E-state index contributed by atoms with van der Waals surface area (Å²) in [5, 5.41) is 0. The Bertz CT molecular complexity index is 626. The molecule has 0 aliphatic rings. The quantitative estimate of drug-likeness (QED) is 0.904. The largest absolute Gasteiger partial charge is 0.456 e. The van der Waals surface area contributed by atoms with Gasteiger partial charge in [-0.25, -0.2) is 4.98 Å². The number of nitrogens with two attached hydrogens (primary N) is 1. The molecule has 2 rings (SSSR count). The lowest BCUT2D eigenvalue weighted by Crippen LogP contribution is -2.00. The van der Waals surface area contributed by atoms with Gasteiger partial charge in [-0.3, -0.25) is 9.78 Å². The van der Waals surface area contributed by atoms with E-state index in [0.29, 0.717) is 29.4 Å². The van der Waals surface area contributed by atoms with Crippen LogP contribution in [0, 0.1) is 0 Å². The molecule has 0 spiro atoms. The van der Waals surface area contributed by atoms with Gasteiger partial charge < -0.3 is 10.5 Å². The maximum atomic E-state index is 11.1.